The van der Waals surface area contributed by atoms with Crippen molar-refractivity contribution in [2.75, 3.05) is 5.73 Å². The predicted molar refractivity (Wildman–Crippen MR) is 69.4 cm³/mol. The van der Waals surface area contributed by atoms with Gasteiger partial charge in [0.1, 0.15) is 23.5 Å². The van der Waals surface area contributed by atoms with Gasteiger partial charge in [-0.3, -0.25) is 14.9 Å². The van der Waals surface area contributed by atoms with Crippen molar-refractivity contribution in [2.24, 2.45) is 0 Å². The molecule has 0 spiro atoms. The highest BCUT2D eigenvalue weighted by molar-refractivity contribution is 5.74. The van der Waals surface area contributed by atoms with E-state index in [0.29, 0.717) is 17.6 Å². The number of hydrogen-bond donors (Lipinski definition) is 1. The van der Waals surface area contributed by atoms with Crippen LogP contribution in [0.15, 0.2) is 36.4 Å². The summed E-state index contributed by atoms with van der Waals surface area (Å²) in [5, 5.41) is 10.6. The van der Waals surface area contributed by atoms with Gasteiger partial charge in [-0.2, -0.15) is 4.39 Å². The number of rotatable bonds is 4. The topological polar surface area (TPSA) is 95.5 Å². The molecule has 0 heterocycles. The van der Waals surface area contributed by atoms with Crippen LogP contribution >= 0.6 is 0 Å². The Morgan fingerprint density at radius 3 is 2.35 bits per heavy atom. The third kappa shape index (κ3) is 2.72. The van der Waals surface area contributed by atoms with Crippen LogP contribution in [0.4, 0.5) is 15.8 Å². The number of ether oxygens (including phenoxy) is 1. The van der Waals surface area contributed by atoms with Crippen molar-refractivity contribution in [3.05, 3.63) is 57.9 Å². The van der Waals surface area contributed by atoms with E-state index < -0.39 is 16.4 Å². The molecule has 0 aromatic heterocycles. The number of nitrogen functional groups attached to an aromatic ring is 1. The number of halogens is 1. The van der Waals surface area contributed by atoms with Gasteiger partial charge in [0.05, 0.1) is 4.92 Å². The number of nitro groups is 1. The summed E-state index contributed by atoms with van der Waals surface area (Å²) < 4.78 is 18.9. The van der Waals surface area contributed by atoms with E-state index >= 15 is 0 Å². The summed E-state index contributed by atoms with van der Waals surface area (Å²) in [6.07, 6.45) is 0.674. The van der Waals surface area contributed by atoms with Crippen molar-refractivity contribution >= 4 is 17.7 Å². The Labute approximate surface area is 112 Å². The van der Waals surface area contributed by atoms with E-state index in [1.165, 1.54) is 24.3 Å². The molecule has 6 nitrogen and oxygen atoms in total. The molecule has 2 N–H and O–H groups in total. The van der Waals surface area contributed by atoms with Crippen LogP contribution in [-0.4, -0.2) is 11.2 Å². The van der Waals surface area contributed by atoms with E-state index in [0.717, 1.165) is 12.1 Å². The number of nitro benzene ring substituents is 1. The average Bonchev–Trinajstić information content (AvgIpc) is 2.38. The summed E-state index contributed by atoms with van der Waals surface area (Å²) in [6, 6.07) is 8.11. The molecule has 2 aromatic carbocycles. The maximum absolute atomic E-state index is 13.5. The van der Waals surface area contributed by atoms with Crippen molar-refractivity contribution < 1.29 is 18.8 Å². The fourth-order valence-electron chi connectivity index (χ4n) is 1.60. The molecule has 0 saturated heterocycles. The SMILES string of the molecule is Nc1cc(Oc2ccc(C=O)cc2)cc(F)c1[N+](=O)[O-]. The van der Waals surface area contributed by atoms with Crippen molar-refractivity contribution in [2.45, 2.75) is 0 Å². The van der Waals surface area contributed by atoms with Gasteiger partial charge in [0.25, 0.3) is 0 Å². The summed E-state index contributed by atoms with van der Waals surface area (Å²) >= 11 is 0. The Morgan fingerprint density at radius 1 is 1.20 bits per heavy atom. The number of carbonyl (C=O) groups is 1. The highest BCUT2D eigenvalue weighted by Gasteiger charge is 2.20. The molecule has 0 amide bonds. The number of carbonyl (C=O) groups excluding carboxylic acids is 1. The monoisotopic (exact) mass is 276 g/mol. The first-order valence-electron chi connectivity index (χ1n) is 5.48. The minimum atomic E-state index is -1.07. The number of hydrogen-bond acceptors (Lipinski definition) is 5. The van der Waals surface area contributed by atoms with Gasteiger partial charge in [-0.1, -0.05) is 0 Å². The van der Waals surface area contributed by atoms with Crippen molar-refractivity contribution in [1.29, 1.82) is 0 Å². The molecule has 0 saturated carbocycles. The molecule has 0 bridgehead atoms. The van der Waals surface area contributed by atoms with Crippen LogP contribution in [0.25, 0.3) is 0 Å². The van der Waals surface area contributed by atoms with Gasteiger partial charge in [-0.15, -0.1) is 0 Å². The Bertz CT molecular complexity index is 648. The maximum Gasteiger partial charge on any atom is 0.327 e. The third-order valence-electron chi connectivity index (χ3n) is 2.50. The fourth-order valence-corrected chi connectivity index (χ4v) is 1.60. The van der Waals surface area contributed by atoms with Crippen molar-refractivity contribution in [3.8, 4) is 11.5 Å². The molecule has 20 heavy (non-hydrogen) atoms. The first-order chi connectivity index (χ1) is 9.51. The Hall–Kier alpha value is -2.96. The zero-order valence-corrected chi connectivity index (χ0v) is 10.1. The second-order valence-corrected chi connectivity index (χ2v) is 3.89. The second kappa shape index (κ2) is 5.35. The Balaban J connectivity index is 2.29. The number of benzene rings is 2. The lowest BCUT2D eigenvalue weighted by Crippen LogP contribution is -1.99. The molecule has 2 aromatic rings. The van der Waals surface area contributed by atoms with Crippen molar-refractivity contribution in [3.63, 3.8) is 0 Å². The lowest BCUT2D eigenvalue weighted by Gasteiger charge is -2.07. The Kier molecular flexibility index (Phi) is 3.60. The van der Waals surface area contributed by atoms with E-state index in [9.17, 15) is 19.3 Å². The number of anilines is 1. The molecule has 0 aliphatic heterocycles. The zero-order chi connectivity index (χ0) is 14.7. The summed E-state index contributed by atoms with van der Waals surface area (Å²) in [6.45, 7) is 0. The lowest BCUT2D eigenvalue weighted by molar-refractivity contribution is -0.386. The smallest absolute Gasteiger partial charge is 0.327 e. The van der Waals surface area contributed by atoms with E-state index in [-0.39, 0.29) is 11.4 Å². The highest BCUT2D eigenvalue weighted by atomic mass is 19.1. The molecule has 0 unspecified atom stereocenters. The largest absolute Gasteiger partial charge is 0.457 e. The number of nitrogens with zero attached hydrogens (tertiary/aromatic N) is 1. The average molecular weight is 276 g/mol. The first-order valence-corrected chi connectivity index (χ1v) is 5.48. The van der Waals surface area contributed by atoms with Crippen LogP contribution in [-0.2, 0) is 0 Å². The van der Waals surface area contributed by atoms with E-state index in [4.69, 9.17) is 10.5 Å². The Morgan fingerprint density at radius 2 is 1.85 bits per heavy atom. The molecular weight excluding hydrogens is 267 g/mol. The lowest BCUT2D eigenvalue weighted by atomic mass is 10.2. The van der Waals surface area contributed by atoms with Gasteiger partial charge < -0.3 is 10.5 Å². The standard InChI is InChI=1S/C13H9FN2O4/c14-11-5-10(6-12(15)13(11)16(18)19)20-9-3-1-8(7-17)2-4-9/h1-7H,15H2. The first kappa shape index (κ1) is 13.5. The van der Waals surface area contributed by atoms with E-state index in [1.807, 2.05) is 0 Å². The molecular formula is C13H9FN2O4. The predicted octanol–water partition coefficient (Wildman–Crippen LogP) is 2.92. The highest BCUT2D eigenvalue weighted by Crippen LogP contribution is 2.32. The van der Waals surface area contributed by atoms with E-state index in [1.54, 1.807) is 0 Å². The summed E-state index contributed by atoms with van der Waals surface area (Å²) in [5.74, 6) is -0.692. The van der Waals surface area contributed by atoms with Gasteiger partial charge in [0.15, 0.2) is 0 Å². The van der Waals surface area contributed by atoms with Gasteiger partial charge in [-0.05, 0) is 24.3 Å². The van der Waals surface area contributed by atoms with Gasteiger partial charge in [-0.25, -0.2) is 0 Å². The number of aldehydes is 1. The van der Waals surface area contributed by atoms with Crippen molar-refractivity contribution in [1.82, 2.24) is 0 Å². The molecule has 0 aliphatic carbocycles. The summed E-state index contributed by atoms with van der Waals surface area (Å²) in [5.41, 5.74) is 4.77. The normalized spacial score (nSPS) is 10.1. The quantitative estimate of drug-likeness (QED) is 0.401. The zero-order valence-electron chi connectivity index (χ0n) is 10.1. The molecule has 0 atom stereocenters. The van der Waals surface area contributed by atoms with Crippen LogP contribution in [0.3, 0.4) is 0 Å². The fraction of sp³-hybridized carbons (Fsp3) is 0. The molecule has 0 aliphatic rings. The van der Waals surface area contributed by atoms with Crippen LogP contribution in [0.2, 0.25) is 0 Å². The number of nitrogens with two attached hydrogens (primary N) is 1. The summed E-state index contributed by atoms with van der Waals surface area (Å²) in [4.78, 5) is 20.2. The second-order valence-electron chi connectivity index (χ2n) is 3.89. The van der Waals surface area contributed by atoms with Gasteiger partial charge in [0.2, 0.25) is 5.82 Å². The van der Waals surface area contributed by atoms with Crippen LogP contribution < -0.4 is 10.5 Å². The maximum atomic E-state index is 13.5. The van der Waals surface area contributed by atoms with Crippen LogP contribution in [0.5, 0.6) is 11.5 Å². The minimum absolute atomic E-state index is 0.0319. The summed E-state index contributed by atoms with van der Waals surface area (Å²) in [7, 11) is 0. The minimum Gasteiger partial charge on any atom is -0.457 e. The van der Waals surface area contributed by atoms with E-state index in [2.05, 4.69) is 0 Å². The van der Waals surface area contributed by atoms with Gasteiger partial charge >= 0.3 is 5.69 Å². The third-order valence-corrected chi connectivity index (χ3v) is 2.50. The molecule has 7 heteroatoms. The molecule has 0 fully saturated rings. The molecule has 0 radical (unpaired) electrons. The van der Waals surface area contributed by atoms with Crippen LogP contribution in [0.1, 0.15) is 10.4 Å². The van der Waals surface area contributed by atoms with Gasteiger partial charge in [0, 0.05) is 17.7 Å². The molecule has 102 valence electrons. The molecule has 2 rings (SSSR count). The van der Waals surface area contributed by atoms with Crippen LogP contribution in [0, 0.1) is 15.9 Å².